The Morgan fingerprint density at radius 3 is 1.21 bits per heavy atom. The monoisotopic (exact) mass is 508 g/mol. The molecule has 0 amide bonds. The number of phenolic OH excluding ortho intramolecular Hbond substituents is 2. The molecule has 0 aliphatic carbocycles. The normalized spacial score (nSPS) is 10.7. The van der Waals surface area contributed by atoms with Gasteiger partial charge in [-0.3, -0.25) is 9.59 Å². The van der Waals surface area contributed by atoms with Gasteiger partial charge in [0.15, 0.2) is 11.5 Å². The van der Waals surface area contributed by atoms with E-state index in [1.54, 1.807) is 48.5 Å². The first-order valence-corrected chi connectivity index (χ1v) is 11.4. The maximum absolute atomic E-state index is 12.0. The summed E-state index contributed by atoms with van der Waals surface area (Å²) in [5.74, 6) is -0.651. The number of fused-ring (bicyclic) bond motifs is 2. The van der Waals surface area contributed by atoms with Gasteiger partial charge in [-0.05, 0) is 24.3 Å². The SMILES string of the molecule is O=c1c(O)c(-c2ccccc2)oc2cc(O)ccc12.O=c1c(O)c(-c2ccccc2)oc2cc(O)ccc12. The highest BCUT2D eigenvalue weighted by molar-refractivity contribution is 5.83. The third-order valence-corrected chi connectivity index (χ3v) is 5.78. The second kappa shape index (κ2) is 9.87. The van der Waals surface area contributed by atoms with E-state index in [0.717, 1.165) is 0 Å². The van der Waals surface area contributed by atoms with Gasteiger partial charge in [-0.15, -0.1) is 0 Å². The van der Waals surface area contributed by atoms with E-state index < -0.39 is 22.4 Å². The summed E-state index contributed by atoms with van der Waals surface area (Å²) >= 11 is 0. The van der Waals surface area contributed by atoms with E-state index in [2.05, 4.69) is 0 Å². The van der Waals surface area contributed by atoms with Crippen molar-refractivity contribution in [2.75, 3.05) is 0 Å². The summed E-state index contributed by atoms with van der Waals surface area (Å²) in [4.78, 5) is 24.1. The number of phenols is 2. The average Bonchev–Trinajstić information content (AvgIpc) is 2.94. The molecule has 0 spiro atoms. The molecule has 0 bridgehead atoms. The van der Waals surface area contributed by atoms with Gasteiger partial charge < -0.3 is 29.3 Å². The van der Waals surface area contributed by atoms with Gasteiger partial charge in [-0.2, -0.15) is 0 Å². The van der Waals surface area contributed by atoms with Crippen molar-refractivity contribution < 1.29 is 29.3 Å². The van der Waals surface area contributed by atoms with Gasteiger partial charge in [-0.1, -0.05) is 60.7 Å². The summed E-state index contributed by atoms with van der Waals surface area (Å²) in [6, 6.07) is 26.0. The molecule has 0 saturated heterocycles. The van der Waals surface area contributed by atoms with E-state index >= 15 is 0 Å². The highest BCUT2D eigenvalue weighted by Gasteiger charge is 2.16. The summed E-state index contributed by atoms with van der Waals surface area (Å²) in [6.45, 7) is 0. The second-order valence-electron chi connectivity index (χ2n) is 8.31. The molecule has 4 N–H and O–H groups in total. The molecule has 0 unspecified atom stereocenters. The van der Waals surface area contributed by atoms with Crippen molar-refractivity contribution >= 4 is 21.9 Å². The molecule has 4 aromatic carbocycles. The van der Waals surface area contributed by atoms with Gasteiger partial charge in [0.1, 0.15) is 22.7 Å². The zero-order valence-corrected chi connectivity index (χ0v) is 19.7. The summed E-state index contributed by atoms with van der Waals surface area (Å²) < 4.78 is 11.1. The fraction of sp³-hybridized carbons (Fsp3) is 0. The number of aromatic hydroxyl groups is 4. The quantitative estimate of drug-likeness (QED) is 0.232. The lowest BCUT2D eigenvalue weighted by Gasteiger charge is -2.05. The molecule has 6 rings (SSSR count). The van der Waals surface area contributed by atoms with Crippen molar-refractivity contribution in [3.8, 4) is 45.6 Å². The molecule has 0 aliphatic rings. The van der Waals surface area contributed by atoms with Crippen molar-refractivity contribution in [3.05, 3.63) is 118 Å². The largest absolute Gasteiger partial charge is 0.508 e. The molecule has 0 atom stereocenters. The minimum Gasteiger partial charge on any atom is -0.508 e. The second-order valence-corrected chi connectivity index (χ2v) is 8.31. The van der Waals surface area contributed by atoms with Crippen molar-refractivity contribution in [2.45, 2.75) is 0 Å². The Balaban J connectivity index is 0.000000155. The van der Waals surface area contributed by atoms with Gasteiger partial charge in [-0.25, -0.2) is 0 Å². The van der Waals surface area contributed by atoms with Crippen LogP contribution in [0.1, 0.15) is 0 Å². The molecule has 2 aromatic heterocycles. The summed E-state index contributed by atoms with van der Waals surface area (Å²) in [5.41, 5.74) is 0.646. The van der Waals surface area contributed by atoms with Crippen LogP contribution in [-0.4, -0.2) is 20.4 Å². The van der Waals surface area contributed by atoms with Crippen molar-refractivity contribution in [1.82, 2.24) is 0 Å². The lowest BCUT2D eigenvalue weighted by Crippen LogP contribution is -2.02. The average molecular weight is 508 g/mol. The van der Waals surface area contributed by atoms with Crippen LogP contribution in [0.25, 0.3) is 44.6 Å². The zero-order chi connectivity index (χ0) is 26.8. The number of benzene rings is 4. The molecule has 0 radical (unpaired) electrons. The first kappa shape index (κ1) is 24.2. The Hall–Kier alpha value is -5.50. The van der Waals surface area contributed by atoms with Gasteiger partial charge in [0.25, 0.3) is 0 Å². The standard InChI is InChI=1S/2C15H10O4/c2*16-10-6-7-11-12(8-10)19-15(14(18)13(11)17)9-4-2-1-3-5-9/h2*1-8,16,18H. The smallest absolute Gasteiger partial charge is 0.235 e. The third-order valence-electron chi connectivity index (χ3n) is 5.78. The van der Waals surface area contributed by atoms with E-state index in [4.69, 9.17) is 8.83 Å². The Kier molecular flexibility index (Phi) is 6.28. The van der Waals surface area contributed by atoms with Crippen molar-refractivity contribution in [2.24, 2.45) is 0 Å². The van der Waals surface area contributed by atoms with E-state index in [0.29, 0.717) is 11.1 Å². The Morgan fingerprint density at radius 2 is 0.842 bits per heavy atom. The number of hydrogen-bond donors (Lipinski definition) is 4. The molecule has 0 aliphatic heterocycles. The van der Waals surface area contributed by atoms with Crippen LogP contribution in [-0.2, 0) is 0 Å². The molecule has 188 valence electrons. The van der Waals surface area contributed by atoms with Crippen LogP contribution >= 0.6 is 0 Å². The van der Waals surface area contributed by atoms with Crippen LogP contribution in [0.3, 0.4) is 0 Å². The minimum absolute atomic E-state index is 0.000325. The van der Waals surface area contributed by atoms with Gasteiger partial charge in [0.05, 0.1) is 10.8 Å². The van der Waals surface area contributed by atoms with Crippen LogP contribution in [0.5, 0.6) is 23.0 Å². The highest BCUT2D eigenvalue weighted by Crippen LogP contribution is 2.32. The van der Waals surface area contributed by atoms with E-state index in [1.807, 2.05) is 12.1 Å². The Labute approximate surface area is 214 Å². The molecule has 38 heavy (non-hydrogen) atoms. The van der Waals surface area contributed by atoms with E-state index in [9.17, 15) is 30.0 Å². The predicted molar refractivity (Wildman–Crippen MR) is 142 cm³/mol. The Bertz CT molecular complexity index is 1750. The van der Waals surface area contributed by atoms with Crippen molar-refractivity contribution in [1.29, 1.82) is 0 Å². The van der Waals surface area contributed by atoms with Crippen LogP contribution in [0, 0.1) is 0 Å². The van der Waals surface area contributed by atoms with E-state index in [-0.39, 0.29) is 45.0 Å². The molecule has 0 saturated carbocycles. The molecule has 8 nitrogen and oxygen atoms in total. The van der Waals surface area contributed by atoms with Crippen LogP contribution in [0.4, 0.5) is 0 Å². The van der Waals surface area contributed by atoms with Gasteiger partial charge in [0, 0.05) is 23.3 Å². The van der Waals surface area contributed by atoms with Crippen LogP contribution in [0.15, 0.2) is 115 Å². The summed E-state index contributed by atoms with van der Waals surface area (Å²) in [7, 11) is 0. The highest BCUT2D eigenvalue weighted by atomic mass is 16.4. The van der Waals surface area contributed by atoms with Gasteiger partial charge in [0.2, 0.25) is 22.4 Å². The predicted octanol–water partition coefficient (Wildman–Crippen LogP) is 5.74. The molecular formula is C30H20O8. The molecule has 8 heteroatoms. The summed E-state index contributed by atoms with van der Waals surface area (Å²) in [5, 5.41) is 39.2. The topological polar surface area (TPSA) is 141 Å². The molecule has 2 heterocycles. The van der Waals surface area contributed by atoms with Crippen molar-refractivity contribution in [3.63, 3.8) is 0 Å². The number of rotatable bonds is 2. The Morgan fingerprint density at radius 1 is 0.474 bits per heavy atom. The first-order valence-electron chi connectivity index (χ1n) is 11.4. The lowest BCUT2D eigenvalue weighted by molar-refractivity contribution is 0.447. The minimum atomic E-state index is -0.514. The maximum Gasteiger partial charge on any atom is 0.235 e. The van der Waals surface area contributed by atoms with E-state index in [1.165, 1.54) is 36.4 Å². The van der Waals surface area contributed by atoms with Crippen LogP contribution < -0.4 is 10.9 Å². The maximum atomic E-state index is 12.0. The lowest BCUT2D eigenvalue weighted by atomic mass is 10.1. The fourth-order valence-corrected chi connectivity index (χ4v) is 3.91. The van der Waals surface area contributed by atoms with Crippen LogP contribution in [0.2, 0.25) is 0 Å². The molecular weight excluding hydrogens is 488 g/mol. The summed E-state index contributed by atoms with van der Waals surface area (Å²) in [6.07, 6.45) is 0. The first-order chi connectivity index (χ1) is 18.3. The zero-order valence-electron chi connectivity index (χ0n) is 19.7. The third kappa shape index (κ3) is 4.54. The molecule has 6 aromatic rings. The fourth-order valence-electron chi connectivity index (χ4n) is 3.91. The van der Waals surface area contributed by atoms with Gasteiger partial charge >= 0.3 is 0 Å². The number of hydrogen-bond acceptors (Lipinski definition) is 8. The molecule has 0 fully saturated rings.